The summed E-state index contributed by atoms with van der Waals surface area (Å²) in [4.78, 5) is 0. The molecule has 0 aliphatic rings. The van der Waals surface area contributed by atoms with Gasteiger partial charge in [-0.1, -0.05) is 107 Å². The van der Waals surface area contributed by atoms with Crippen molar-refractivity contribution < 1.29 is 9.13 Å². The number of rotatable bonds is 12. The number of allylic oxidation sites excluding steroid dienone is 16. The molecule has 38 heavy (non-hydrogen) atoms. The van der Waals surface area contributed by atoms with Gasteiger partial charge in [0.15, 0.2) is 24.8 Å². The third-order valence-electron chi connectivity index (χ3n) is 5.91. The van der Waals surface area contributed by atoms with E-state index >= 15 is 0 Å². The third kappa shape index (κ3) is 12.8. The summed E-state index contributed by atoms with van der Waals surface area (Å²) in [6.45, 7) is 14.7. The zero-order valence-electron chi connectivity index (χ0n) is 24.0. The minimum Gasteiger partial charge on any atom is -0.205 e. The molecule has 0 bridgehead atoms. The van der Waals surface area contributed by atoms with Crippen LogP contribution in [0.3, 0.4) is 0 Å². The molecule has 0 unspecified atom stereocenters. The fourth-order valence-corrected chi connectivity index (χ4v) is 3.38. The van der Waals surface area contributed by atoms with Gasteiger partial charge in [-0.25, -0.2) is 9.13 Å². The quantitative estimate of drug-likeness (QED) is 0.202. The lowest BCUT2D eigenvalue weighted by Gasteiger charge is -1.94. The topological polar surface area (TPSA) is 7.76 Å². The highest BCUT2D eigenvalue weighted by Gasteiger charge is 1.95. The minimum absolute atomic E-state index is 0.993. The maximum Gasteiger partial charge on any atom is 0.169 e. The van der Waals surface area contributed by atoms with Crippen molar-refractivity contribution in [3.8, 4) is 0 Å². The highest BCUT2D eigenvalue weighted by atomic mass is 14.9. The van der Waals surface area contributed by atoms with E-state index in [1.54, 1.807) is 0 Å². The maximum atomic E-state index is 2.16. The Hall–Kier alpha value is -4.04. The molecule has 0 aliphatic heterocycles. The molecule has 0 saturated carbocycles. The van der Waals surface area contributed by atoms with Gasteiger partial charge >= 0.3 is 0 Å². The van der Waals surface area contributed by atoms with E-state index in [9.17, 15) is 0 Å². The molecule has 0 amide bonds. The summed E-state index contributed by atoms with van der Waals surface area (Å²) in [5.41, 5.74) is 7.26. The van der Waals surface area contributed by atoms with Crippen LogP contribution in [0.5, 0.6) is 0 Å². The predicted octanol–water partition coefficient (Wildman–Crippen LogP) is 8.48. The van der Waals surface area contributed by atoms with E-state index in [0.29, 0.717) is 0 Å². The molecule has 0 aliphatic carbocycles. The number of aryl methyl sites for hydroxylation is 2. The molecule has 0 N–H and O–H groups in total. The zero-order chi connectivity index (χ0) is 27.6. The summed E-state index contributed by atoms with van der Waals surface area (Å²) in [6.07, 6.45) is 38.1. The van der Waals surface area contributed by atoms with Gasteiger partial charge in [0, 0.05) is 24.3 Å². The maximum absolute atomic E-state index is 2.16. The van der Waals surface area contributed by atoms with Gasteiger partial charge in [0.2, 0.25) is 0 Å². The van der Waals surface area contributed by atoms with Gasteiger partial charge in [0.05, 0.1) is 0 Å². The van der Waals surface area contributed by atoms with Gasteiger partial charge in [-0.3, -0.25) is 0 Å². The van der Waals surface area contributed by atoms with Crippen LogP contribution >= 0.6 is 0 Å². The second-order valence-electron chi connectivity index (χ2n) is 9.34. The van der Waals surface area contributed by atoms with Crippen LogP contribution in [-0.4, -0.2) is 0 Å². The molecule has 2 heterocycles. The molecule has 0 spiro atoms. The molecule has 0 saturated heterocycles. The summed E-state index contributed by atoms with van der Waals surface area (Å²) in [6, 6.07) is 8.55. The molecular weight excluding hydrogens is 460 g/mol. The summed E-state index contributed by atoms with van der Waals surface area (Å²) < 4.78 is 4.32. The molecule has 2 heteroatoms. The fraction of sp³-hybridized carbons (Fsp3) is 0.222. The van der Waals surface area contributed by atoms with Crippen LogP contribution in [0.2, 0.25) is 0 Å². The molecule has 2 aromatic heterocycles. The highest BCUT2D eigenvalue weighted by molar-refractivity contribution is 5.52. The second-order valence-corrected chi connectivity index (χ2v) is 9.34. The van der Waals surface area contributed by atoms with Crippen molar-refractivity contribution in [1.82, 2.24) is 0 Å². The Labute approximate surface area is 231 Å². The van der Waals surface area contributed by atoms with E-state index in [-0.39, 0.29) is 0 Å². The Morgan fingerprint density at radius 2 is 0.816 bits per heavy atom. The van der Waals surface area contributed by atoms with Crippen molar-refractivity contribution in [3.05, 3.63) is 155 Å². The van der Waals surface area contributed by atoms with Gasteiger partial charge in [0.25, 0.3) is 0 Å². The first kappa shape index (κ1) is 30.2. The Balaban J connectivity index is 1.81. The van der Waals surface area contributed by atoms with Crippen LogP contribution in [-0.2, 0) is 13.1 Å². The number of aromatic nitrogens is 2. The van der Waals surface area contributed by atoms with E-state index in [0.717, 1.165) is 13.1 Å². The molecule has 0 aromatic carbocycles. The van der Waals surface area contributed by atoms with Gasteiger partial charge in [-0.05, 0) is 52.7 Å². The van der Waals surface area contributed by atoms with Crippen molar-refractivity contribution in [2.45, 2.75) is 54.6 Å². The van der Waals surface area contributed by atoms with Crippen LogP contribution in [0.1, 0.15) is 52.7 Å². The third-order valence-corrected chi connectivity index (χ3v) is 5.91. The number of pyridine rings is 2. The Kier molecular flexibility index (Phi) is 13.8. The summed E-state index contributed by atoms with van der Waals surface area (Å²) in [5, 5.41) is 0. The van der Waals surface area contributed by atoms with Crippen molar-refractivity contribution in [2.75, 3.05) is 0 Å². The van der Waals surface area contributed by atoms with Crippen molar-refractivity contribution >= 4 is 12.2 Å². The van der Waals surface area contributed by atoms with Crippen molar-refractivity contribution in [1.29, 1.82) is 0 Å². The number of hydrogen-bond donors (Lipinski definition) is 0. The lowest BCUT2D eigenvalue weighted by molar-refractivity contribution is -0.693. The highest BCUT2D eigenvalue weighted by Crippen LogP contribution is 2.06. The van der Waals surface area contributed by atoms with E-state index in [2.05, 4.69) is 185 Å². The van der Waals surface area contributed by atoms with Gasteiger partial charge < -0.3 is 0 Å². The van der Waals surface area contributed by atoms with Crippen LogP contribution in [0.25, 0.3) is 12.2 Å². The zero-order valence-corrected chi connectivity index (χ0v) is 24.0. The lowest BCUT2D eigenvalue weighted by Crippen LogP contribution is -2.30. The Morgan fingerprint density at radius 1 is 0.500 bits per heavy atom. The smallest absolute Gasteiger partial charge is 0.169 e. The fourth-order valence-electron chi connectivity index (χ4n) is 3.38. The summed E-state index contributed by atoms with van der Waals surface area (Å²) in [5.74, 6) is 0. The molecule has 2 nitrogen and oxygen atoms in total. The molecule has 196 valence electrons. The Morgan fingerprint density at radius 3 is 1.16 bits per heavy atom. The summed E-state index contributed by atoms with van der Waals surface area (Å²) >= 11 is 0. The molecule has 2 rings (SSSR count). The summed E-state index contributed by atoms with van der Waals surface area (Å²) in [7, 11) is 0. The van der Waals surface area contributed by atoms with Crippen LogP contribution < -0.4 is 9.13 Å². The average Bonchev–Trinajstić information content (AvgIpc) is 2.93. The number of nitrogens with zero attached hydrogens (tertiary/aromatic N) is 2. The van der Waals surface area contributed by atoms with Gasteiger partial charge in [-0.2, -0.15) is 0 Å². The average molecular weight is 505 g/mol. The van der Waals surface area contributed by atoms with Gasteiger partial charge in [-0.15, -0.1) is 0 Å². The van der Waals surface area contributed by atoms with E-state index in [1.165, 1.54) is 33.4 Å². The van der Waals surface area contributed by atoms with Crippen LogP contribution in [0.15, 0.2) is 144 Å². The van der Waals surface area contributed by atoms with E-state index in [1.807, 2.05) is 0 Å². The normalized spacial score (nSPS) is 14.4. The molecule has 0 radical (unpaired) electrons. The molecule has 2 aromatic rings. The van der Waals surface area contributed by atoms with E-state index < -0.39 is 0 Å². The molecule has 0 fully saturated rings. The predicted molar refractivity (Wildman–Crippen MR) is 165 cm³/mol. The first-order valence-electron chi connectivity index (χ1n) is 13.5. The SMILES string of the molecule is CC[n+]1ccc(C=CC(C)=CC=CC(C)=CC=CC=C(C)C=CC=C(C)C=Cc2cc[n+](CC)cc2)cc1. The largest absolute Gasteiger partial charge is 0.205 e. The van der Waals surface area contributed by atoms with Gasteiger partial charge in [0.1, 0.15) is 13.1 Å². The van der Waals surface area contributed by atoms with Crippen LogP contribution in [0.4, 0.5) is 0 Å². The monoisotopic (exact) mass is 504 g/mol. The van der Waals surface area contributed by atoms with E-state index in [4.69, 9.17) is 0 Å². The Bertz CT molecular complexity index is 1170. The van der Waals surface area contributed by atoms with Crippen molar-refractivity contribution in [3.63, 3.8) is 0 Å². The second kappa shape index (κ2) is 17.4. The first-order valence-corrected chi connectivity index (χ1v) is 13.5. The van der Waals surface area contributed by atoms with Crippen LogP contribution in [0, 0.1) is 0 Å². The minimum atomic E-state index is 0.993. The first-order chi connectivity index (χ1) is 18.4. The molecular formula is C36H44N2+2. The molecule has 0 atom stereocenters. The van der Waals surface area contributed by atoms with Crippen molar-refractivity contribution in [2.24, 2.45) is 0 Å². The lowest BCUT2D eigenvalue weighted by atomic mass is 10.1. The standard InChI is InChI=1S/C36H44N2/c1-7-37-27-23-35(24-28-37)21-19-33(5)17-11-15-31(3)13-9-10-14-32(4)16-12-18-34(6)20-22-36-25-29-38(8-2)30-26-36/h9-30H,7-8H2,1-6H3/q+2. The number of hydrogen-bond acceptors (Lipinski definition) is 0.